The van der Waals surface area contributed by atoms with E-state index in [4.69, 9.17) is 0 Å². The van der Waals surface area contributed by atoms with Gasteiger partial charge < -0.3 is 5.11 Å². The average molecular weight is 170 g/mol. The predicted octanol–water partition coefficient (Wildman–Crippen LogP) is 0.696. The molecule has 0 unspecified atom stereocenters. The highest BCUT2D eigenvalue weighted by atomic mass is 16.3. The van der Waals surface area contributed by atoms with Gasteiger partial charge >= 0.3 is 0 Å². The summed E-state index contributed by atoms with van der Waals surface area (Å²) in [5.41, 5.74) is -0.886. The molecule has 0 aromatic carbocycles. The molecule has 12 heavy (non-hydrogen) atoms. The highest BCUT2D eigenvalue weighted by molar-refractivity contribution is 6.02. The van der Waals surface area contributed by atoms with Crippen LogP contribution in [0, 0.1) is 5.92 Å². The van der Waals surface area contributed by atoms with Crippen LogP contribution in [0.3, 0.4) is 0 Å². The Morgan fingerprint density at radius 2 is 2.25 bits per heavy atom. The van der Waals surface area contributed by atoms with Crippen LogP contribution in [0.25, 0.3) is 0 Å². The molecule has 1 N–H and O–H groups in total. The Morgan fingerprint density at radius 1 is 1.67 bits per heavy atom. The smallest absolute Gasteiger partial charge is 0.146 e. The molecule has 68 valence electrons. The van der Waals surface area contributed by atoms with Crippen molar-refractivity contribution in [3.05, 3.63) is 0 Å². The molecule has 0 saturated heterocycles. The highest BCUT2D eigenvalue weighted by Crippen LogP contribution is 2.29. The first-order valence-corrected chi connectivity index (χ1v) is 4.18. The average Bonchev–Trinajstić information content (AvgIpc) is 1.83. The fourth-order valence-electron chi connectivity index (χ4n) is 1.63. The molecule has 0 bridgehead atoms. The molecule has 2 atom stereocenters. The van der Waals surface area contributed by atoms with Gasteiger partial charge in [0.25, 0.3) is 0 Å². The summed E-state index contributed by atoms with van der Waals surface area (Å²) >= 11 is 0. The number of rotatable bonds is 1. The number of carbonyl (C=O) groups excluding carboxylic acids is 2. The Kier molecular flexibility index (Phi) is 2.33. The lowest BCUT2D eigenvalue weighted by molar-refractivity contribution is -0.138. The van der Waals surface area contributed by atoms with E-state index in [0.717, 1.165) is 0 Å². The SMILES string of the molecule is CC(=O)[C@@H]1CC[C@](C)(O)CC1=O. The highest BCUT2D eigenvalue weighted by Gasteiger charge is 2.36. The fraction of sp³-hybridized carbons (Fsp3) is 0.778. The molecule has 0 aromatic rings. The third-order valence-electron chi connectivity index (χ3n) is 2.41. The molecular formula is C9H14O3. The molecule has 0 radical (unpaired) electrons. The number of carbonyl (C=O) groups is 2. The van der Waals surface area contributed by atoms with Crippen molar-refractivity contribution in [3.63, 3.8) is 0 Å². The van der Waals surface area contributed by atoms with Crippen LogP contribution in [0.4, 0.5) is 0 Å². The molecule has 3 heteroatoms. The number of hydrogen-bond acceptors (Lipinski definition) is 3. The van der Waals surface area contributed by atoms with Crippen LogP contribution >= 0.6 is 0 Å². The first kappa shape index (κ1) is 9.39. The van der Waals surface area contributed by atoms with Crippen molar-refractivity contribution < 1.29 is 14.7 Å². The molecule has 3 nitrogen and oxygen atoms in total. The van der Waals surface area contributed by atoms with Crippen LogP contribution in [0.15, 0.2) is 0 Å². The van der Waals surface area contributed by atoms with Gasteiger partial charge in [0.2, 0.25) is 0 Å². The van der Waals surface area contributed by atoms with Gasteiger partial charge in [0.15, 0.2) is 0 Å². The molecule has 1 rings (SSSR count). The molecule has 0 amide bonds. The third kappa shape index (κ3) is 1.91. The minimum absolute atomic E-state index is 0.0736. The van der Waals surface area contributed by atoms with Gasteiger partial charge in [0.1, 0.15) is 11.6 Å². The summed E-state index contributed by atoms with van der Waals surface area (Å²) in [6.07, 6.45) is 1.17. The minimum atomic E-state index is -0.886. The summed E-state index contributed by atoms with van der Waals surface area (Å²) in [6.45, 7) is 3.07. The van der Waals surface area contributed by atoms with Crippen LogP contribution in [0.5, 0.6) is 0 Å². The molecule has 0 heterocycles. The van der Waals surface area contributed by atoms with Crippen molar-refractivity contribution in [1.82, 2.24) is 0 Å². The van der Waals surface area contributed by atoms with E-state index in [1.54, 1.807) is 6.92 Å². The molecule has 1 fully saturated rings. The fourth-order valence-corrected chi connectivity index (χ4v) is 1.63. The summed E-state index contributed by atoms with van der Waals surface area (Å²) in [5.74, 6) is -0.639. The first-order valence-electron chi connectivity index (χ1n) is 4.18. The van der Waals surface area contributed by atoms with E-state index in [1.165, 1.54) is 6.92 Å². The van der Waals surface area contributed by atoms with Crippen molar-refractivity contribution >= 4 is 11.6 Å². The quantitative estimate of drug-likeness (QED) is 0.589. The van der Waals surface area contributed by atoms with Gasteiger partial charge in [-0.2, -0.15) is 0 Å². The summed E-state index contributed by atoms with van der Waals surface area (Å²) in [5, 5.41) is 9.51. The van der Waals surface area contributed by atoms with Crippen LogP contribution in [0.1, 0.15) is 33.1 Å². The second-order valence-corrected chi connectivity index (χ2v) is 3.84. The Bertz CT molecular complexity index is 218. The first-order chi connectivity index (χ1) is 5.42. The topological polar surface area (TPSA) is 54.4 Å². The van der Waals surface area contributed by atoms with Gasteiger partial charge in [0.05, 0.1) is 11.5 Å². The number of Topliss-reactive ketones (excluding diaryl/α,β-unsaturated/α-hetero) is 2. The standard InChI is InChI=1S/C9H14O3/c1-6(10)7-3-4-9(2,12)5-8(7)11/h7,12H,3-5H2,1-2H3/t7-,9-/m0/s1. The van der Waals surface area contributed by atoms with Crippen LogP contribution in [-0.2, 0) is 9.59 Å². The zero-order chi connectivity index (χ0) is 9.35. The monoisotopic (exact) mass is 170 g/mol. The zero-order valence-electron chi connectivity index (χ0n) is 7.46. The maximum Gasteiger partial charge on any atom is 0.146 e. The number of ketones is 2. The molecule has 1 saturated carbocycles. The molecule has 0 aliphatic heterocycles. The van der Waals surface area contributed by atoms with E-state index in [9.17, 15) is 14.7 Å². The molecular weight excluding hydrogens is 156 g/mol. The normalized spacial score (nSPS) is 36.6. The third-order valence-corrected chi connectivity index (χ3v) is 2.41. The zero-order valence-corrected chi connectivity index (χ0v) is 7.46. The van der Waals surface area contributed by atoms with Crippen molar-refractivity contribution in [2.45, 2.75) is 38.7 Å². The lowest BCUT2D eigenvalue weighted by Crippen LogP contribution is -2.39. The van der Waals surface area contributed by atoms with Crippen LogP contribution in [0.2, 0.25) is 0 Å². The van der Waals surface area contributed by atoms with Gasteiger partial charge in [-0.3, -0.25) is 9.59 Å². The summed E-state index contributed by atoms with van der Waals surface area (Å²) in [6, 6.07) is 0. The molecule has 1 aliphatic carbocycles. The number of aliphatic hydroxyl groups is 1. The lowest BCUT2D eigenvalue weighted by Gasteiger charge is -2.30. The summed E-state index contributed by atoms with van der Waals surface area (Å²) in [4.78, 5) is 22.2. The van der Waals surface area contributed by atoms with E-state index in [0.29, 0.717) is 12.8 Å². The summed E-state index contributed by atoms with van der Waals surface area (Å²) < 4.78 is 0. The van der Waals surface area contributed by atoms with Gasteiger partial charge in [-0.05, 0) is 26.7 Å². The molecule has 0 spiro atoms. The number of hydrogen-bond donors (Lipinski definition) is 1. The van der Waals surface area contributed by atoms with Crippen molar-refractivity contribution in [1.29, 1.82) is 0 Å². The molecule has 0 aromatic heterocycles. The van der Waals surface area contributed by atoms with E-state index in [1.807, 2.05) is 0 Å². The Hall–Kier alpha value is -0.700. The van der Waals surface area contributed by atoms with E-state index < -0.39 is 11.5 Å². The van der Waals surface area contributed by atoms with E-state index >= 15 is 0 Å². The van der Waals surface area contributed by atoms with Crippen LogP contribution in [-0.4, -0.2) is 22.3 Å². The Morgan fingerprint density at radius 3 is 2.67 bits per heavy atom. The van der Waals surface area contributed by atoms with Gasteiger partial charge in [-0.1, -0.05) is 0 Å². The van der Waals surface area contributed by atoms with Gasteiger partial charge in [0, 0.05) is 6.42 Å². The Labute approximate surface area is 71.8 Å². The minimum Gasteiger partial charge on any atom is -0.390 e. The largest absolute Gasteiger partial charge is 0.390 e. The van der Waals surface area contributed by atoms with Gasteiger partial charge in [-0.25, -0.2) is 0 Å². The van der Waals surface area contributed by atoms with E-state index in [-0.39, 0.29) is 18.0 Å². The maximum absolute atomic E-state index is 11.3. The van der Waals surface area contributed by atoms with Crippen molar-refractivity contribution in [3.8, 4) is 0 Å². The second kappa shape index (κ2) is 2.98. The van der Waals surface area contributed by atoms with Gasteiger partial charge in [-0.15, -0.1) is 0 Å². The summed E-state index contributed by atoms with van der Waals surface area (Å²) in [7, 11) is 0. The molecule has 1 aliphatic rings. The second-order valence-electron chi connectivity index (χ2n) is 3.84. The maximum atomic E-state index is 11.3. The van der Waals surface area contributed by atoms with Crippen molar-refractivity contribution in [2.75, 3.05) is 0 Å². The lowest BCUT2D eigenvalue weighted by atomic mass is 9.77. The van der Waals surface area contributed by atoms with Crippen molar-refractivity contribution in [2.24, 2.45) is 5.92 Å². The predicted molar refractivity (Wildman–Crippen MR) is 43.7 cm³/mol. The Balaban J connectivity index is 2.66. The van der Waals surface area contributed by atoms with Crippen LogP contribution < -0.4 is 0 Å². The van der Waals surface area contributed by atoms with E-state index in [2.05, 4.69) is 0 Å².